The molecule has 2 aromatic heterocycles. The summed E-state index contributed by atoms with van der Waals surface area (Å²) in [5, 5.41) is 12.4. The van der Waals surface area contributed by atoms with Gasteiger partial charge in [-0.25, -0.2) is 4.98 Å². The highest BCUT2D eigenvalue weighted by Crippen LogP contribution is 2.36. The molecule has 164 valence electrons. The van der Waals surface area contributed by atoms with E-state index in [4.69, 9.17) is 14.5 Å². The number of hydrogen-bond acceptors (Lipinski definition) is 7. The monoisotopic (exact) mass is 472 g/mol. The Labute approximate surface area is 200 Å². The Morgan fingerprint density at radius 1 is 1.09 bits per heavy atom. The molecule has 2 heterocycles. The molecule has 0 aliphatic carbocycles. The van der Waals surface area contributed by atoms with E-state index in [0.717, 1.165) is 33.0 Å². The van der Waals surface area contributed by atoms with Crippen molar-refractivity contribution in [3.05, 3.63) is 89.3 Å². The first-order chi connectivity index (χ1) is 16.2. The van der Waals surface area contributed by atoms with Gasteiger partial charge in [0.15, 0.2) is 0 Å². The first-order valence-corrected chi connectivity index (χ1v) is 12.0. The second-order valence-corrected chi connectivity index (χ2v) is 8.90. The largest absolute Gasteiger partial charge is 0.497 e. The highest BCUT2D eigenvalue weighted by atomic mass is 32.2. The summed E-state index contributed by atoms with van der Waals surface area (Å²) in [4.78, 5) is 18.1. The van der Waals surface area contributed by atoms with Gasteiger partial charge in [-0.05, 0) is 47.3 Å². The van der Waals surface area contributed by atoms with Crippen molar-refractivity contribution in [2.45, 2.75) is 11.6 Å². The number of hydrogen-bond donors (Lipinski definition) is 0. The fourth-order valence-electron chi connectivity index (χ4n) is 3.18. The lowest BCUT2D eigenvalue weighted by molar-refractivity contribution is -0.141. The van der Waals surface area contributed by atoms with Crippen LogP contribution in [-0.4, -0.2) is 23.8 Å². The van der Waals surface area contributed by atoms with E-state index in [2.05, 4.69) is 6.07 Å². The van der Waals surface area contributed by atoms with Gasteiger partial charge >= 0.3 is 5.97 Å². The Kier molecular flexibility index (Phi) is 7.40. The summed E-state index contributed by atoms with van der Waals surface area (Å²) in [6.45, 7) is 0.213. The number of methoxy groups -OCH3 is 1. The van der Waals surface area contributed by atoms with Crippen LogP contribution < -0.4 is 4.74 Å². The molecular formula is C26H20N2O3S2. The molecule has 0 bridgehead atoms. The predicted octanol–water partition coefficient (Wildman–Crippen LogP) is 6.19. The van der Waals surface area contributed by atoms with Gasteiger partial charge in [-0.1, -0.05) is 48.2 Å². The number of thiophene rings is 1. The smallest absolute Gasteiger partial charge is 0.316 e. The molecule has 0 atom stereocenters. The Bertz CT molecular complexity index is 1270. The Hall–Kier alpha value is -3.60. The van der Waals surface area contributed by atoms with Crippen LogP contribution in [0.2, 0.25) is 0 Å². The molecule has 4 aromatic rings. The quantitative estimate of drug-likeness (QED) is 0.225. The second kappa shape index (κ2) is 10.8. The van der Waals surface area contributed by atoms with Crippen molar-refractivity contribution in [1.82, 2.24) is 4.98 Å². The van der Waals surface area contributed by atoms with Gasteiger partial charge in [-0.3, -0.25) is 4.79 Å². The Morgan fingerprint density at radius 3 is 2.55 bits per heavy atom. The third-order valence-electron chi connectivity index (χ3n) is 4.84. The lowest BCUT2D eigenvalue weighted by Crippen LogP contribution is -2.08. The number of nitriles is 1. The lowest BCUT2D eigenvalue weighted by Gasteiger charge is -2.12. The van der Waals surface area contributed by atoms with Gasteiger partial charge in [0.05, 0.1) is 24.1 Å². The van der Waals surface area contributed by atoms with Crippen LogP contribution >= 0.6 is 23.1 Å². The first kappa shape index (κ1) is 22.6. The first-order valence-electron chi connectivity index (χ1n) is 10.1. The predicted molar refractivity (Wildman–Crippen MR) is 131 cm³/mol. The zero-order valence-electron chi connectivity index (χ0n) is 17.9. The molecule has 0 saturated heterocycles. The topological polar surface area (TPSA) is 72.2 Å². The summed E-state index contributed by atoms with van der Waals surface area (Å²) in [6, 6.07) is 25.2. The molecule has 0 radical (unpaired) electrons. The van der Waals surface area contributed by atoms with Gasteiger partial charge in [0.2, 0.25) is 0 Å². The molecule has 0 aliphatic rings. The third kappa shape index (κ3) is 5.61. The van der Waals surface area contributed by atoms with E-state index in [1.807, 2.05) is 78.2 Å². The third-order valence-corrected chi connectivity index (χ3v) is 6.69. The maximum Gasteiger partial charge on any atom is 0.316 e. The van der Waals surface area contributed by atoms with Crippen LogP contribution in [0.3, 0.4) is 0 Å². The lowest BCUT2D eigenvalue weighted by atomic mass is 10.0. The number of rotatable bonds is 8. The van der Waals surface area contributed by atoms with Gasteiger partial charge in [0.1, 0.15) is 23.5 Å². The summed E-state index contributed by atoms with van der Waals surface area (Å²) in [7, 11) is 1.62. The Balaban J connectivity index is 1.60. The van der Waals surface area contributed by atoms with Crippen LogP contribution in [-0.2, 0) is 16.1 Å². The standard InChI is InChI=1S/C26H20N2O3S2/c1-30-20-11-9-19(10-12-20)23-14-21(24-8-5-13-32-24)22(15-27)26(28-23)33-17-25(29)31-16-18-6-3-2-4-7-18/h2-14H,16-17H2,1H3. The average Bonchev–Trinajstić information content (AvgIpc) is 3.41. The fraction of sp³-hybridized carbons (Fsp3) is 0.115. The highest BCUT2D eigenvalue weighted by Gasteiger charge is 2.18. The number of benzene rings is 2. The van der Waals surface area contributed by atoms with E-state index in [-0.39, 0.29) is 18.3 Å². The van der Waals surface area contributed by atoms with Crippen molar-refractivity contribution in [3.63, 3.8) is 0 Å². The number of aromatic nitrogens is 1. The molecule has 0 fully saturated rings. The van der Waals surface area contributed by atoms with Crippen LogP contribution in [0.1, 0.15) is 11.1 Å². The number of pyridine rings is 1. The van der Waals surface area contributed by atoms with Gasteiger partial charge in [-0.15, -0.1) is 11.3 Å². The van der Waals surface area contributed by atoms with Crippen LogP contribution in [0, 0.1) is 11.3 Å². The SMILES string of the molecule is COc1ccc(-c2cc(-c3cccs3)c(C#N)c(SCC(=O)OCc3ccccc3)n2)cc1. The number of nitrogens with zero attached hydrogens (tertiary/aromatic N) is 2. The van der Waals surface area contributed by atoms with E-state index < -0.39 is 0 Å². The van der Waals surface area contributed by atoms with Crippen molar-refractivity contribution in [2.24, 2.45) is 0 Å². The van der Waals surface area contributed by atoms with Crippen molar-refractivity contribution in [3.8, 4) is 33.5 Å². The molecule has 0 aliphatic heterocycles. The normalized spacial score (nSPS) is 10.4. The summed E-state index contributed by atoms with van der Waals surface area (Å²) in [5.41, 5.74) is 3.80. The summed E-state index contributed by atoms with van der Waals surface area (Å²) >= 11 is 2.77. The average molecular weight is 473 g/mol. The second-order valence-electron chi connectivity index (χ2n) is 6.99. The number of ether oxygens (including phenoxy) is 2. The van der Waals surface area contributed by atoms with Crippen molar-refractivity contribution in [2.75, 3.05) is 12.9 Å². The minimum Gasteiger partial charge on any atom is -0.497 e. The van der Waals surface area contributed by atoms with E-state index in [1.54, 1.807) is 18.4 Å². The molecule has 0 amide bonds. The van der Waals surface area contributed by atoms with Crippen molar-refractivity contribution < 1.29 is 14.3 Å². The molecule has 5 nitrogen and oxygen atoms in total. The zero-order chi connectivity index (χ0) is 23.0. The van der Waals surface area contributed by atoms with E-state index in [1.165, 1.54) is 11.8 Å². The summed E-state index contributed by atoms with van der Waals surface area (Å²) in [6.07, 6.45) is 0. The number of carbonyl (C=O) groups is 1. The van der Waals surface area contributed by atoms with E-state index in [9.17, 15) is 10.1 Å². The molecule has 4 rings (SSSR count). The maximum atomic E-state index is 12.4. The molecule has 33 heavy (non-hydrogen) atoms. The van der Waals surface area contributed by atoms with Crippen LogP contribution in [0.15, 0.2) is 83.2 Å². The van der Waals surface area contributed by atoms with Gasteiger partial charge in [0.25, 0.3) is 0 Å². The van der Waals surface area contributed by atoms with Crippen LogP contribution in [0.4, 0.5) is 0 Å². The molecule has 0 spiro atoms. The van der Waals surface area contributed by atoms with Crippen molar-refractivity contribution >= 4 is 29.1 Å². The minimum atomic E-state index is -0.359. The zero-order valence-corrected chi connectivity index (χ0v) is 19.5. The van der Waals surface area contributed by atoms with Crippen LogP contribution in [0.25, 0.3) is 21.7 Å². The molecular weight excluding hydrogens is 452 g/mol. The van der Waals surface area contributed by atoms with E-state index in [0.29, 0.717) is 10.6 Å². The van der Waals surface area contributed by atoms with Gasteiger partial charge in [-0.2, -0.15) is 5.26 Å². The number of carbonyl (C=O) groups excluding carboxylic acids is 1. The summed E-state index contributed by atoms with van der Waals surface area (Å²) < 4.78 is 10.6. The van der Waals surface area contributed by atoms with E-state index >= 15 is 0 Å². The van der Waals surface area contributed by atoms with Gasteiger partial charge < -0.3 is 9.47 Å². The summed E-state index contributed by atoms with van der Waals surface area (Å²) in [5.74, 6) is 0.452. The van der Waals surface area contributed by atoms with Crippen molar-refractivity contribution in [1.29, 1.82) is 5.26 Å². The minimum absolute atomic E-state index is 0.0600. The van der Waals surface area contributed by atoms with Crippen LogP contribution in [0.5, 0.6) is 5.75 Å². The molecule has 0 unspecified atom stereocenters. The molecule has 0 saturated carbocycles. The molecule has 7 heteroatoms. The highest BCUT2D eigenvalue weighted by molar-refractivity contribution is 7.99. The maximum absolute atomic E-state index is 12.4. The number of thioether (sulfide) groups is 1. The molecule has 0 N–H and O–H groups in total. The molecule has 2 aromatic carbocycles. The Morgan fingerprint density at radius 2 is 1.88 bits per heavy atom. The number of esters is 1. The van der Waals surface area contributed by atoms with Gasteiger partial charge in [0, 0.05) is 16.0 Å². The fourth-order valence-corrected chi connectivity index (χ4v) is 4.73.